The molecule has 20 heavy (non-hydrogen) atoms. The van der Waals surface area contributed by atoms with Crippen LogP contribution in [0.2, 0.25) is 0 Å². The summed E-state index contributed by atoms with van der Waals surface area (Å²) in [5, 5.41) is 8.72. The molecule has 0 radical (unpaired) electrons. The van der Waals surface area contributed by atoms with E-state index in [1.165, 1.54) is 6.07 Å². The van der Waals surface area contributed by atoms with Gasteiger partial charge in [-0.2, -0.15) is 5.26 Å². The van der Waals surface area contributed by atoms with Crippen LogP contribution in [0.3, 0.4) is 0 Å². The molecule has 3 heteroatoms. The van der Waals surface area contributed by atoms with Crippen molar-refractivity contribution in [1.29, 1.82) is 5.26 Å². The number of rotatable bonds is 4. The van der Waals surface area contributed by atoms with Gasteiger partial charge in [0.1, 0.15) is 5.75 Å². The van der Waals surface area contributed by atoms with Gasteiger partial charge in [-0.15, -0.1) is 0 Å². The first kappa shape index (κ1) is 14.1. The van der Waals surface area contributed by atoms with Gasteiger partial charge in [0.25, 0.3) is 0 Å². The molecule has 2 aromatic rings. The van der Waals surface area contributed by atoms with Crippen LogP contribution in [0.5, 0.6) is 11.5 Å². The van der Waals surface area contributed by atoms with Crippen molar-refractivity contribution in [3.05, 3.63) is 59.4 Å². The van der Waals surface area contributed by atoms with Gasteiger partial charge < -0.3 is 4.74 Å². The second-order valence-corrected chi connectivity index (χ2v) is 4.74. The SMILES string of the molecule is CCC(C)c1ccc(Oc2ccc(C#N)cc2)c(F)c1. The van der Waals surface area contributed by atoms with Crippen molar-refractivity contribution in [1.82, 2.24) is 0 Å². The minimum absolute atomic E-state index is 0.196. The largest absolute Gasteiger partial charge is 0.454 e. The van der Waals surface area contributed by atoms with Crippen LogP contribution in [-0.4, -0.2) is 0 Å². The third-order valence-corrected chi connectivity index (χ3v) is 3.35. The van der Waals surface area contributed by atoms with Gasteiger partial charge in [0, 0.05) is 0 Å². The smallest absolute Gasteiger partial charge is 0.166 e. The molecule has 0 spiro atoms. The molecule has 0 fully saturated rings. The maximum absolute atomic E-state index is 14.0. The molecule has 0 amide bonds. The normalized spacial score (nSPS) is 11.7. The van der Waals surface area contributed by atoms with E-state index in [0.29, 0.717) is 17.2 Å². The third kappa shape index (κ3) is 3.16. The van der Waals surface area contributed by atoms with Crippen molar-refractivity contribution in [3.8, 4) is 17.6 Å². The van der Waals surface area contributed by atoms with Gasteiger partial charge in [-0.05, 0) is 54.3 Å². The molecule has 1 atom stereocenters. The highest BCUT2D eigenvalue weighted by molar-refractivity contribution is 5.38. The van der Waals surface area contributed by atoms with E-state index in [2.05, 4.69) is 13.8 Å². The van der Waals surface area contributed by atoms with Crippen LogP contribution in [-0.2, 0) is 0 Å². The van der Waals surface area contributed by atoms with E-state index in [1.54, 1.807) is 30.3 Å². The lowest BCUT2D eigenvalue weighted by atomic mass is 9.98. The molecule has 0 saturated carbocycles. The molecule has 0 aliphatic carbocycles. The van der Waals surface area contributed by atoms with Crippen molar-refractivity contribution < 1.29 is 9.13 Å². The van der Waals surface area contributed by atoms with Crippen LogP contribution in [0.15, 0.2) is 42.5 Å². The Morgan fingerprint density at radius 3 is 2.45 bits per heavy atom. The van der Waals surface area contributed by atoms with E-state index in [4.69, 9.17) is 10.00 Å². The van der Waals surface area contributed by atoms with Gasteiger partial charge in [0.2, 0.25) is 0 Å². The van der Waals surface area contributed by atoms with Crippen molar-refractivity contribution in [2.75, 3.05) is 0 Å². The highest BCUT2D eigenvalue weighted by Gasteiger charge is 2.09. The number of nitrogens with zero attached hydrogens (tertiary/aromatic N) is 1. The Labute approximate surface area is 118 Å². The van der Waals surface area contributed by atoms with Gasteiger partial charge in [0.05, 0.1) is 11.6 Å². The number of benzene rings is 2. The Hall–Kier alpha value is -2.34. The Balaban J connectivity index is 2.19. The molecule has 0 aromatic heterocycles. The minimum atomic E-state index is -0.368. The Morgan fingerprint density at radius 1 is 1.20 bits per heavy atom. The van der Waals surface area contributed by atoms with Crippen molar-refractivity contribution in [2.24, 2.45) is 0 Å². The molecular weight excluding hydrogens is 253 g/mol. The van der Waals surface area contributed by atoms with Crippen LogP contribution < -0.4 is 4.74 Å². The molecule has 2 nitrogen and oxygen atoms in total. The highest BCUT2D eigenvalue weighted by Crippen LogP contribution is 2.28. The van der Waals surface area contributed by atoms with E-state index >= 15 is 0 Å². The lowest BCUT2D eigenvalue weighted by Gasteiger charge is -2.11. The maximum Gasteiger partial charge on any atom is 0.166 e. The summed E-state index contributed by atoms with van der Waals surface area (Å²) >= 11 is 0. The topological polar surface area (TPSA) is 33.0 Å². The van der Waals surface area contributed by atoms with Crippen molar-refractivity contribution in [3.63, 3.8) is 0 Å². The fourth-order valence-electron chi connectivity index (χ4n) is 1.87. The first-order valence-electron chi connectivity index (χ1n) is 6.61. The zero-order chi connectivity index (χ0) is 14.5. The van der Waals surface area contributed by atoms with E-state index in [9.17, 15) is 4.39 Å². The fourth-order valence-corrected chi connectivity index (χ4v) is 1.87. The molecule has 0 bridgehead atoms. The summed E-state index contributed by atoms with van der Waals surface area (Å²) in [6.07, 6.45) is 0.968. The number of ether oxygens (including phenoxy) is 1. The van der Waals surface area contributed by atoms with Crippen LogP contribution >= 0.6 is 0 Å². The Morgan fingerprint density at radius 2 is 1.90 bits per heavy atom. The second-order valence-electron chi connectivity index (χ2n) is 4.74. The Bertz CT molecular complexity index is 628. The second kappa shape index (κ2) is 6.21. The first-order valence-corrected chi connectivity index (χ1v) is 6.61. The molecule has 0 aliphatic rings. The van der Waals surface area contributed by atoms with Crippen LogP contribution in [0.1, 0.15) is 37.3 Å². The lowest BCUT2D eigenvalue weighted by Crippen LogP contribution is -1.94. The number of halogens is 1. The predicted octanol–water partition coefficient (Wildman–Crippen LogP) is 5.00. The van der Waals surface area contributed by atoms with E-state index in [0.717, 1.165) is 12.0 Å². The standard InChI is InChI=1S/C17H16FNO/c1-3-12(2)14-6-9-17(16(18)10-14)20-15-7-4-13(11-19)5-8-15/h4-10,12H,3H2,1-2H3. The van der Waals surface area contributed by atoms with Gasteiger partial charge in [0.15, 0.2) is 11.6 Å². The van der Waals surface area contributed by atoms with Gasteiger partial charge in [-0.25, -0.2) is 4.39 Å². The molecule has 1 unspecified atom stereocenters. The monoisotopic (exact) mass is 269 g/mol. The van der Waals surface area contributed by atoms with E-state index in [1.807, 2.05) is 12.1 Å². The summed E-state index contributed by atoms with van der Waals surface area (Å²) < 4.78 is 19.5. The molecular formula is C17H16FNO. The average molecular weight is 269 g/mol. The Kier molecular flexibility index (Phi) is 4.37. The van der Waals surface area contributed by atoms with Crippen molar-refractivity contribution >= 4 is 0 Å². The average Bonchev–Trinajstić information content (AvgIpc) is 2.49. The number of hydrogen-bond donors (Lipinski definition) is 0. The molecule has 0 N–H and O–H groups in total. The number of nitriles is 1. The van der Waals surface area contributed by atoms with Crippen LogP contribution in [0.4, 0.5) is 4.39 Å². The summed E-state index contributed by atoms with van der Waals surface area (Å²) in [6, 6.07) is 13.7. The molecule has 2 aromatic carbocycles. The quantitative estimate of drug-likeness (QED) is 0.782. The van der Waals surface area contributed by atoms with Crippen molar-refractivity contribution in [2.45, 2.75) is 26.2 Å². The summed E-state index contributed by atoms with van der Waals surface area (Å²) in [4.78, 5) is 0. The summed E-state index contributed by atoms with van der Waals surface area (Å²) in [6.45, 7) is 4.14. The highest BCUT2D eigenvalue weighted by atomic mass is 19.1. The number of hydrogen-bond acceptors (Lipinski definition) is 2. The summed E-state index contributed by atoms with van der Waals surface area (Å²) in [5.74, 6) is 0.668. The van der Waals surface area contributed by atoms with E-state index < -0.39 is 0 Å². The minimum Gasteiger partial charge on any atom is -0.454 e. The van der Waals surface area contributed by atoms with E-state index in [-0.39, 0.29) is 11.6 Å². The molecule has 0 aliphatic heterocycles. The zero-order valence-corrected chi connectivity index (χ0v) is 11.6. The zero-order valence-electron chi connectivity index (χ0n) is 11.6. The predicted molar refractivity (Wildman–Crippen MR) is 76.3 cm³/mol. The summed E-state index contributed by atoms with van der Waals surface area (Å²) in [5.41, 5.74) is 1.52. The lowest BCUT2D eigenvalue weighted by molar-refractivity contribution is 0.441. The fraction of sp³-hybridized carbons (Fsp3) is 0.235. The molecule has 2 rings (SSSR count). The van der Waals surface area contributed by atoms with Crippen LogP contribution in [0.25, 0.3) is 0 Å². The van der Waals surface area contributed by atoms with Gasteiger partial charge in [-0.1, -0.05) is 19.9 Å². The molecule has 0 saturated heterocycles. The van der Waals surface area contributed by atoms with Gasteiger partial charge >= 0.3 is 0 Å². The van der Waals surface area contributed by atoms with Crippen LogP contribution in [0, 0.1) is 17.1 Å². The first-order chi connectivity index (χ1) is 9.63. The third-order valence-electron chi connectivity index (χ3n) is 3.35. The summed E-state index contributed by atoms with van der Waals surface area (Å²) in [7, 11) is 0. The molecule has 102 valence electrons. The van der Waals surface area contributed by atoms with Gasteiger partial charge in [-0.3, -0.25) is 0 Å². The molecule has 0 heterocycles. The maximum atomic E-state index is 14.0.